The third-order valence-corrected chi connectivity index (χ3v) is 2.20. The number of rotatable bonds is 2. The van der Waals surface area contributed by atoms with E-state index < -0.39 is 0 Å². The van der Waals surface area contributed by atoms with Crippen LogP contribution in [0.15, 0.2) is 35.7 Å². The third kappa shape index (κ3) is 2.05. The summed E-state index contributed by atoms with van der Waals surface area (Å²) >= 11 is 5.57. The van der Waals surface area contributed by atoms with Gasteiger partial charge in [0.05, 0.1) is 17.1 Å². The molecule has 1 aromatic heterocycles. The second-order valence-electron chi connectivity index (χ2n) is 2.97. The van der Waals surface area contributed by atoms with Crippen molar-refractivity contribution in [1.29, 1.82) is 0 Å². The van der Waals surface area contributed by atoms with Gasteiger partial charge in [0.15, 0.2) is 0 Å². The lowest BCUT2D eigenvalue weighted by Gasteiger charge is -2.00. The average Bonchev–Trinajstić information content (AvgIpc) is 2.29. The predicted molar refractivity (Wildman–Crippen MR) is 61.5 cm³/mol. The van der Waals surface area contributed by atoms with E-state index >= 15 is 0 Å². The summed E-state index contributed by atoms with van der Waals surface area (Å²) < 4.78 is 0. The molecule has 0 aliphatic rings. The predicted octanol–water partition coefficient (Wildman–Crippen LogP) is 1.86. The largest absolute Gasteiger partial charge is 0.386 e. The van der Waals surface area contributed by atoms with Crippen LogP contribution in [0.5, 0.6) is 0 Å². The van der Waals surface area contributed by atoms with E-state index in [9.17, 15) is 0 Å². The monoisotopic (exact) mass is 220 g/mol. The zero-order chi connectivity index (χ0) is 10.7. The third-order valence-electron chi connectivity index (χ3n) is 1.93. The number of aromatic nitrogens is 2. The van der Waals surface area contributed by atoms with Gasteiger partial charge in [-0.1, -0.05) is 6.07 Å². The lowest BCUT2D eigenvalue weighted by molar-refractivity contribution is 1.22. The molecule has 76 valence electrons. The summed E-state index contributed by atoms with van der Waals surface area (Å²) in [4.78, 5) is 12.3. The number of hydrogen-bond donors (Lipinski definition) is 1. The molecule has 0 radical (unpaired) electrons. The highest BCUT2D eigenvalue weighted by Crippen LogP contribution is 2.23. The van der Waals surface area contributed by atoms with Crippen molar-refractivity contribution in [2.75, 3.05) is 5.88 Å². The second-order valence-corrected chi connectivity index (χ2v) is 3.24. The number of amidine groups is 1. The van der Waals surface area contributed by atoms with Gasteiger partial charge < -0.3 is 5.73 Å². The molecule has 0 amide bonds. The topological polar surface area (TPSA) is 64.2 Å². The number of hydrogen-bond acceptors (Lipinski definition) is 3. The number of benzene rings is 1. The Morgan fingerprint density at radius 3 is 3.13 bits per heavy atom. The quantitative estimate of drug-likeness (QED) is 0.477. The lowest BCUT2D eigenvalue weighted by Crippen LogP contribution is -2.12. The van der Waals surface area contributed by atoms with Crippen LogP contribution in [0.4, 0.5) is 5.69 Å². The van der Waals surface area contributed by atoms with Crippen LogP contribution in [-0.4, -0.2) is 21.7 Å². The number of alkyl halides is 1. The van der Waals surface area contributed by atoms with Crippen molar-refractivity contribution in [3.63, 3.8) is 0 Å². The van der Waals surface area contributed by atoms with E-state index in [1.807, 2.05) is 18.2 Å². The summed E-state index contributed by atoms with van der Waals surface area (Å²) in [7, 11) is 0. The molecule has 0 saturated heterocycles. The fraction of sp³-hybridized carbons (Fsp3) is 0.100. The van der Waals surface area contributed by atoms with Crippen molar-refractivity contribution in [3.8, 4) is 0 Å². The Morgan fingerprint density at radius 2 is 2.33 bits per heavy atom. The maximum Gasteiger partial charge on any atom is 0.116 e. The molecule has 1 heterocycles. The van der Waals surface area contributed by atoms with Crippen molar-refractivity contribution in [3.05, 3.63) is 30.7 Å². The lowest BCUT2D eigenvalue weighted by atomic mass is 10.2. The number of aliphatic imine (C=N–C) groups is 1. The molecule has 0 spiro atoms. The molecule has 0 fully saturated rings. The minimum atomic E-state index is 0.212. The number of nitrogens with two attached hydrogens (primary N) is 1. The zero-order valence-electron chi connectivity index (χ0n) is 7.89. The summed E-state index contributed by atoms with van der Waals surface area (Å²) in [5.74, 6) is 0.595. The Bertz CT molecular complexity index is 504. The SMILES string of the molecule is NC(CCl)=Nc1cccc2ncncc12. The van der Waals surface area contributed by atoms with Gasteiger partial charge in [-0.15, -0.1) is 11.6 Å². The van der Waals surface area contributed by atoms with Crippen molar-refractivity contribution < 1.29 is 0 Å². The Hall–Kier alpha value is -1.68. The Labute approximate surface area is 91.8 Å². The molecule has 5 heteroatoms. The van der Waals surface area contributed by atoms with Crippen molar-refractivity contribution in [2.24, 2.45) is 10.7 Å². The Balaban J connectivity index is 2.61. The molecule has 0 aliphatic carbocycles. The van der Waals surface area contributed by atoms with Crippen LogP contribution < -0.4 is 5.73 Å². The first-order chi connectivity index (χ1) is 7.31. The fourth-order valence-electron chi connectivity index (χ4n) is 1.27. The van der Waals surface area contributed by atoms with E-state index in [0.717, 1.165) is 16.6 Å². The van der Waals surface area contributed by atoms with Gasteiger partial charge in [-0.05, 0) is 12.1 Å². The van der Waals surface area contributed by atoms with Gasteiger partial charge in [-0.2, -0.15) is 0 Å². The molecule has 2 N–H and O–H groups in total. The zero-order valence-corrected chi connectivity index (χ0v) is 8.65. The number of halogens is 1. The van der Waals surface area contributed by atoms with Crippen LogP contribution in [0, 0.1) is 0 Å². The molecule has 0 unspecified atom stereocenters. The molecule has 2 rings (SSSR count). The summed E-state index contributed by atoms with van der Waals surface area (Å²) in [6, 6.07) is 5.62. The molecule has 0 atom stereocenters. The first kappa shape index (κ1) is 9.86. The van der Waals surface area contributed by atoms with E-state index in [1.165, 1.54) is 6.33 Å². The summed E-state index contributed by atoms with van der Waals surface area (Å²) in [6.45, 7) is 0. The minimum Gasteiger partial charge on any atom is -0.386 e. The molecule has 0 bridgehead atoms. The van der Waals surface area contributed by atoms with E-state index in [2.05, 4.69) is 15.0 Å². The molecule has 2 aromatic rings. The first-order valence-corrected chi connectivity index (χ1v) is 4.92. The smallest absolute Gasteiger partial charge is 0.116 e. The normalized spacial score (nSPS) is 11.9. The minimum absolute atomic E-state index is 0.212. The van der Waals surface area contributed by atoms with Gasteiger partial charge in [-0.3, -0.25) is 0 Å². The van der Waals surface area contributed by atoms with E-state index in [-0.39, 0.29) is 5.88 Å². The van der Waals surface area contributed by atoms with E-state index in [4.69, 9.17) is 17.3 Å². The van der Waals surface area contributed by atoms with Crippen LogP contribution >= 0.6 is 11.6 Å². The molecular weight excluding hydrogens is 212 g/mol. The van der Waals surface area contributed by atoms with Gasteiger partial charge in [0.1, 0.15) is 12.2 Å². The molecule has 15 heavy (non-hydrogen) atoms. The van der Waals surface area contributed by atoms with Gasteiger partial charge in [0, 0.05) is 11.6 Å². The van der Waals surface area contributed by atoms with Crippen LogP contribution in [0.2, 0.25) is 0 Å². The summed E-state index contributed by atoms with van der Waals surface area (Å²) in [6.07, 6.45) is 3.21. The van der Waals surface area contributed by atoms with Crippen LogP contribution in [0.1, 0.15) is 0 Å². The van der Waals surface area contributed by atoms with Crippen molar-refractivity contribution in [1.82, 2.24) is 9.97 Å². The Kier molecular flexibility index (Phi) is 2.78. The standard InChI is InChI=1S/C10H9ClN4/c11-4-10(12)15-9-3-1-2-8-7(9)5-13-6-14-8/h1-3,5-6H,4H2,(H2,12,15). The molecule has 0 aliphatic heterocycles. The average molecular weight is 221 g/mol. The second kappa shape index (κ2) is 4.23. The highest BCUT2D eigenvalue weighted by atomic mass is 35.5. The number of nitrogens with zero attached hydrogens (tertiary/aromatic N) is 3. The van der Waals surface area contributed by atoms with E-state index in [1.54, 1.807) is 6.20 Å². The van der Waals surface area contributed by atoms with Crippen molar-refractivity contribution >= 4 is 34.0 Å². The van der Waals surface area contributed by atoms with Gasteiger partial charge in [-0.25, -0.2) is 15.0 Å². The highest BCUT2D eigenvalue weighted by molar-refractivity contribution is 6.28. The van der Waals surface area contributed by atoms with Crippen LogP contribution in [0.25, 0.3) is 10.9 Å². The molecule has 4 nitrogen and oxygen atoms in total. The summed E-state index contributed by atoms with van der Waals surface area (Å²) in [5.41, 5.74) is 7.16. The maximum atomic E-state index is 5.57. The molecule has 0 saturated carbocycles. The first-order valence-electron chi connectivity index (χ1n) is 4.39. The van der Waals surface area contributed by atoms with Crippen molar-refractivity contribution in [2.45, 2.75) is 0 Å². The van der Waals surface area contributed by atoms with Gasteiger partial charge in [0.25, 0.3) is 0 Å². The molecule has 1 aromatic carbocycles. The fourth-order valence-corrected chi connectivity index (χ4v) is 1.33. The van der Waals surface area contributed by atoms with E-state index in [0.29, 0.717) is 5.84 Å². The van der Waals surface area contributed by atoms with Crippen LogP contribution in [0.3, 0.4) is 0 Å². The molecular formula is C10H9ClN4. The van der Waals surface area contributed by atoms with Gasteiger partial charge >= 0.3 is 0 Å². The summed E-state index contributed by atoms with van der Waals surface area (Å²) in [5, 5.41) is 0.869. The highest BCUT2D eigenvalue weighted by Gasteiger charge is 2.00. The Morgan fingerprint density at radius 1 is 1.47 bits per heavy atom. The number of fused-ring (bicyclic) bond motifs is 1. The maximum absolute atomic E-state index is 5.57. The van der Waals surface area contributed by atoms with Crippen LogP contribution in [-0.2, 0) is 0 Å². The van der Waals surface area contributed by atoms with Gasteiger partial charge in [0.2, 0.25) is 0 Å².